The van der Waals surface area contributed by atoms with E-state index in [4.69, 9.17) is 4.74 Å². The van der Waals surface area contributed by atoms with E-state index in [0.717, 1.165) is 12.3 Å². The highest BCUT2D eigenvalue weighted by Crippen LogP contribution is 2.43. The van der Waals surface area contributed by atoms with Crippen molar-refractivity contribution in [2.75, 3.05) is 38.2 Å². The second-order valence-electron chi connectivity index (χ2n) is 4.74. The standard InChI is InChI=1S/C15H22N2O2S2/c1-16-7-8-17-14(18)11-19-13-5-3-12(4-6-13)15-20-9-2-10-21-15/h3-6,15-16H,2,7-11H2,1H3,(H,17,18). The maximum atomic E-state index is 11.5. The molecule has 0 atom stereocenters. The van der Waals surface area contributed by atoms with Crippen LogP contribution in [0.3, 0.4) is 0 Å². The molecule has 1 aromatic carbocycles. The first kappa shape index (κ1) is 16.5. The lowest BCUT2D eigenvalue weighted by atomic mass is 10.2. The van der Waals surface area contributed by atoms with Crippen molar-refractivity contribution in [1.29, 1.82) is 0 Å². The van der Waals surface area contributed by atoms with Gasteiger partial charge < -0.3 is 15.4 Å². The van der Waals surface area contributed by atoms with Crippen LogP contribution in [0.15, 0.2) is 24.3 Å². The van der Waals surface area contributed by atoms with Gasteiger partial charge in [0, 0.05) is 13.1 Å². The Morgan fingerprint density at radius 3 is 2.62 bits per heavy atom. The average molecular weight is 326 g/mol. The molecule has 1 amide bonds. The molecule has 2 rings (SSSR count). The Labute approximate surface area is 134 Å². The molecule has 0 unspecified atom stereocenters. The summed E-state index contributed by atoms with van der Waals surface area (Å²) in [6.45, 7) is 1.45. The van der Waals surface area contributed by atoms with Gasteiger partial charge in [-0.3, -0.25) is 4.79 Å². The molecule has 1 fully saturated rings. The zero-order valence-corrected chi connectivity index (χ0v) is 13.9. The second kappa shape index (κ2) is 9.23. The van der Waals surface area contributed by atoms with Crippen LogP contribution >= 0.6 is 23.5 Å². The highest BCUT2D eigenvalue weighted by atomic mass is 32.2. The van der Waals surface area contributed by atoms with Crippen LogP contribution in [-0.4, -0.2) is 44.2 Å². The number of hydrogen-bond donors (Lipinski definition) is 2. The minimum Gasteiger partial charge on any atom is -0.484 e. The molecule has 0 radical (unpaired) electrons. The first-order valence-corrected chi connectivity index (χ1v) is 9.26. The summed E-state index contributed by atoms with van der Waals surface area (Å²) in [5.74, 6) is 3.13. The van der Waals surface area contributed by atoms with E-state index in [1.165, 1.54) is 23.5 Å². The molecule has 1 heterocycles. The van der Waals surface area contributed by atoms with Gasteiger partial charge in [0.1, 0.15) is 5.75 Å². The van der Waals surface area contributed by atoms with Crippen LogP contribution in [0.1, 0.15) is 16.6 Å². The Hall–Kier alpha value is -0.850. The summed E-state index contributed by atoms with van der Waals surface area (Å²) in [6, 6.07) is 8.10. The molecule has 1 aliphatic rings. The van der Waals surface area contributed by atoms with Crippen LogP contribution in [0.25, 0.3) is 0 Å². The van der Waals surface area contributed by atoms with Crippen LogP contribution in [0, 0.1) is 0 Å². The number of likely N-dealkylation sites (N-methyl/N-ethyl adjacent to an activating group) is 1. The molecule has 0 aromatic heterocycles. The number of carbonyl (C=O) groups excluding carboxylic acids is 1. The van der Waals surface area contributed by atoms with Crippen molar-refractivity contribution >= 4 is 29.4 Å². The zero-order chi connectivity index (χ0) is 14.9. The van der Waals surface area contributed by atoms with Crippen molar-refractivity contribution in [3.63, 3.8) is 0 Å². The number of benzene rings is 1. The summed E-state index contributed by atoms with van der Waals surface area (Å²) in [4.78, 5) is 11.5. The maximum Gasteiger partial charge on any atom is 0.257 e. The first-order valence-electron chi connectivity index (χ1n) is 7.17. The van der Waals surface area contributed by atoms with Gasteiger partial charge in [-0.2, -0.15) is 0 Å². The van der Waals surface area contributed by atoms with Crippen molar-refractivity contribution in [3.8, 4) is 5.75 Å². The molecule has 0 bridgehead atoms. The second-order valence-corrected chi connectivity index (χ2v) is 7.46. The summed E-state index contributed by atoms with van der Waals surface area (Å²) in [7, 11) is 1.85. The van der Waals surface area contributed by atoms with Crippen molar-refractivity contribution in [2.24, 2.45) is 0 Å². The third-order valence-corrected chi connectivity index (χ3v) is 6.06. The molecule has 6 heteroatoms. The molecular formula is C15H22N2O2S2. The van der Waals surface area contributed by atoms with Crippen LogP contribution in [0.4, 0.5) is 0 Å². The van der Waals surface area contributed by atoms with E-state index >= 15 is 0 Å². The lowest BCUT2D eigenvalue weighted by Gasteiger charge is -2.21. The largest absolute Gasteiger partial charge is 0.484 e. The van der Waals surface area contributed by atoms with Gasteiger partial charge in [0.15, 0.2) is 6.61 Å². The van der Waals surface area contributed by atoms with Gasteiger partial charge in [-0.25, -0.2) is 0 Å². The SMILES string of the molecule is CNCCNC(=O)COc1ccc(C2SCCCS2)cc1. The summed E-state index contributed by atoms with van der Waals surface area (Å²) in [5, 5.41) is 5.76. The summed E-state index contributed by atoms with van der Waals surface area (Å²) < 4.78 is 6.03. The molecule has 0 aliphatic carbocycles. The van der Waals surface area contributed by atoms with Crippen LogP contribution in [-0.2, 0) is 4.79 Å². The Bertz CT molecular complexity index is 434. The minimum absolute atomic E-state index is 0.0655. The molecule has 1 aliphatic heterocycles. The van der Waals surface area contributed by atoms with E-state index in [1.54, 1.807) is 0 Å². The fourth-order valence-corrected chi connectivity index (χ4v) is 4.82. The predicted octanol–water partition coefficient (Wildman–Crippen LogP) is 2.27. The number of carbonyl (C=O) groups is 1. The maximum absolute atomic E-state index is 11.5. The molecule has 0 spiro atoms. The average Bonchev–Trinajstić information content (AvgIpc) is 2.54. The topological polar surface area (TPSA) is 50.4 Å². The normalized spacial score (nSPS) is 15.7. The Balaban J connectivity index is 1.75. The minimum atomic E-state index is -0.0901. The third-order valence-electron chi connectivity index (χ3n) is 3.05. The van der Waals surface area contributed by atoms with E-state index in [0.29, 0.717) is 11.1 Å². The van der Waals surface area contributed by atoms with Gasteiger partial charge in [-0.1, -0.05) is 12.1 Å². The third kappa shape index (κ3) is 5.80. The molecule has 2 N–H and O–H groups in total. The first-order chi connectivity index (χ1) is 10.3. The fourth-order valence-electron chi connectivity index (χ4n) is 1.93. The van der Waals surface area contributed by atoms with Gasteiger partial charge in [0.2, 0.25) is 0 Å². The van der Waals surface area contributed by atoms with Crippen molar-refractivity contribution in [1.82, 2.24) is 10.6 Å². The van der Waals surface area contributed by atoms with Gasteiger partial charge in [0.25, 0.3) is 5.91 Å². The number of rotatable bonds is 7. The van der Waals surface area contributed by atoms with Crippen LogP contribution < -0.4 is 15.4 Å². The number of thioether (sulfide) groups is 2. The van der Waals surface area contributed by atoms with Crippen molar-refractivity contribution < 1.29 is 9.53 Å². The summed E-state index contributed by atoms with van der Waals surface area (Å²) >= 11 is 4.01. The summed E-state index contributed by atoms with van der Waals surface area (Å²) in [5.41, 5.74) is 1.33. The van der Waals surface area contributed by atoms with E-state index in [1.807, 2.05) is 42.7 Å². The van der Waals surface area contributed by atoms with Crippen LogP contribution in [0.5, 0.6) is 5.75 Å². The molecule has 116 valence electrons. The van der Waals surface area contributed by atoms with E-state index < -0.39 is 0 Å². The highest BCUT2D eigenvalue weighted by molar-refractivity contribution is 8.16. The molecule has 4 nitrogen and oxygen atoms in total. The van der Waals surface area contributed by atoms with Gasteiger partial charge in [-0.15, -0.1) is 23.5 Å². The quantitative estimate of drug-likeness (QED) is 0.753. The van der Waals surface area contributed by atoms with Crippen LogP contribution in [0.2, 0.25) is 0 Å². The summed E-state index contributed by atoms with van der Waals surface area (Å²) in [6.07, 6.45) is 1.30. The number of hydrogen-bond acceptors (Lipinski definition) is 5. The Kier molecular flexibility index (Phi) is 7.26. The lowest BCUT2D eigenvalue weighted by Crippen LogP contribution is -2.33. The van der Waals surface area contributed by atoms with E-state index in [-0.39, 0.29) is 12.5 Å². The predicted molar refractivity (Wildman–Crippen MR) is 91.1 cm³/mol. The van der Waals surface area contributed by atoms with Crippen molar-refractivity contribution in [3.05, 3.63) is 29.8 Å². The highest BCUT2D eigenvalue weighted by Gasteiger charge is 2.16. The lowest BCUT2D eigenvalue weighted by molar-refractivity contribution is -0.123. The molecular weight excluding hydrogens is 304 g/mol. The monoisotopic (exact) mass is 326 g/mol. The number of ether oxygens (including phenoxy) is 1. The number of amides is 1. The Morgan fingerprint density at radius 1 is 1.24 bits per heavy atom. The zero-order valence-electron chi connectivity index (χ0n) is 12.3. The molecule has 1 saturated heterocycles. The fraction of sp³-hybridized carbons (Fsp3) is 0.533. The van der Waals surface area contributed by atoms with Gasteiger partial charge in [0.05, 0.1) is 4.58 Å². The Morgan fingerprint density at radius 2 is 1.95 bits per heavy atom. The van der Waals surface area contributed by atoms with Gasteiger partial charge >= 0.3 is 0 Å². The smallest absolute Gasteiger partial charge is 0.257 e. The van der Waals surface area contributed by atoms with Crippen molar-refractivity contribution in [2.45, 2.75) is 11.0 Å². The van der Waals surface area contributed by atoms with Gasteiger partial charge in [-0.05, 0) is 42.7 Å². The molecule has 1 aromatic rings. The van der Waals surface area contributed by atoms with E-state index in [9.17, 15) is 4.79 Å². The number of nitrogens with one attached hydrogen (secondary N) is 2. The molecule has 21 heavy (non-hydrogen) atoms. The molecule has 0 saturated carbocycles. The van der Waals surface area contributed by atoms with E-state index in [2.05, 4.69) is 22.8 Å².